The van der Waals surface area contributed by atoms with E-state index in [1.807, 2.05) is 0 Å². The van der Waals surface area contributed by atoms with E-state index in [2.05, 4.69) is 50.8 Å². The summed E-state index contributed by atoms with van der Waals surface area (Å²) in [6.07, 6.45) is 10.8. The molecule has 5 rings (SSSR count). The first-order chi connectivity index (χ1) is 15.7. The fraction of sp³-hybridized carbons (Fsp3) is 0.520. The first-order valence-corrected chi connectivity index (χ1v) is 11.7. The Morgan fingerprint density at radius 1 is 0.969 bits per heavy atom. The summed E-state index contributed by atoms with van der Waals surface area (Å²) in [4.78, 5) is 20.3. The Hall–Kier alpha value is -2.80. The van der Waals surface area contributed by atoms with Gasteiger partial charge in [-0.3, -0.25) is 4.98 Å². The van der Waals surface area contributed by atoms with Crippen molar-refractivity contribution in [1.82, 2.24) is 19.9 Å². The summed E-state index contributed by atoms with van der Waals surface area (Å²) in [5, 5.41) is 0. The predicted molar refractivity (Wildman–Crippen MR) is 124 cm³/mol. The fourth-order valence-electron chi connectivity index (χ4n) is 4.82. The Bertz CT molecular complexity index is 1080. The molecule has 3 aromatic rings. The molecule has 3 heterocycles. The summed E-state index contributed by atoms with van der Waals surface area (Å²) in [5.41, 5.74) is 6.38. The minimum absolute atomic E-state index is 0.213. The van der Waals surface area contributed by atoms with E-state index in [1.165, 1.54) is 11.3 Å². The Kier molecular flexibility index (Phi) is 6.17. The summed E-state index contributed by atoms with van der Waals surface area (Å²) in [5.74, 6) is 1.50. The van der Waals surface area contributed by atoms with E-state index in [9.17, 15) is 0 Å². The van der Waals surface area contributed by atoms with Gasteiger partial charge in [0.15, 0.2) is 0 Å². The smallest absolute Gasteiger partial charge is 0.149 e. The van der Waals surface area contributed by atoms with E-state index in [0.29, 0.717) is 5.92 Å². The number of aryl methyl sites for hydroxylation is 1. The van der Waals surface area contributed by atoms with Gasteiger partial charge in [0, 0.05) is 48.6 Å². The molecular weight excluding hydrogens is 402 g/mol. The van der Waals surface area contributed by atoms with Gasteiger partial charge >= 0.3 is 0 Å². The minimum atomic E-state index is 0.213. The average molecular weight is 434 g/mol. The van der Waals surface area contributed by atoms with Crippen LogP contribution in [0.3, 0.4) is 0 Å². The van der Waals surface area contributed by atoms with E-state index < -0.39 is 0 Å². The van der Waals surface area contributed by atoms with Crippen molar-refractivity contribution in [3.63, 3.8) is 0 Å². The molecule has 0 N–H and O–H groups in total. The summed E-state index contributed by atoms with van der Waals surface area (Å²) in [6, 6.07) is 4.25. The van der Waals surface area contributed by atoms with E-state index in [1.54, 1.807) is 18.7 Å². The number of hydrogen-bond donors (Lipinski definition) is 0. The molecule has 2 aromatic heterocycles. The number of rotatable bonds is 5. The van der Waals surface area contributed by atoms with Crippen molar-refractivity contribution >= 4 is 16.7 Å². The quantitative estimate of drug-likeness (QED) is 0.601. The van der Waals surface area contributed by atoms with Crippen LogP contribution in [-0.2, 0) is 11.2 Å². The van der Waals surface area contributed by atoms with Gasteiger partial charge in [0.25, 0.3) is 0 Å². The van der Waals surface area contributed by atoms with Gasteiger partial charge in [-0.1, -0.05) is 0 Å². The number of fused-ring (bicyclic) bond motifs is 1. The number of benzene rings is 1. The van der Waals surface area contributed by atoms with Crippen LogP contribution in [0.15, 0.2) is 30.9 Å². The highest BCUT2D eigenvalue weighted by Gasteiger charge is 2.25. The van der Waals surface area contributed by atoms with Crippen molar-refractivity contribution < 1.29 is 9.47 Å². The van der Waals surface area contributed by atoms with Crippen LogP contribution >= 0.6 is 0 Å². The van der Waals surface area contributed by atoms with E-state index >= 15 is 0 Å². The van der Waals surface area contributed by atoms with Crippen LogP contribution in [0.1, 0.15) is 42.6 Å². The first kappa shape index (κ1) is 21.1. The van der Waals surface area contributed by atoms with Gasteiger partial charge in [-0.05, 0) is 63.5 Å². The van der Waals surface area contributed by atoms with Crippen LogP contribution in [0.5, 0.6) is 5.75 Å². The number of aromatic nitrogens is 4. The molecule has 168 valence electrons. The Balaban J connectivity index is 1.28. The maximum Gasteiger partial charge on any atom is 0.149 e. The van der Waals surface area contributed by atoms with E-state index in [-0.39, 0.29) is 6.10 Å². The standard InChI is InChI=1S/C25H31N5O2/c1-17-18(2)28-16-29-22(17)13-19-3-5-21(6-4-19)32-24-15-20(30-9-11-31-12-10-30)14-23-25(24)27-8-7-26-23/h7-8,14-16,19,21H,3-6,9-13H2,1-2H3. The largest absolute Gasteiger partial charge is 0.488 e. The van der Waals surface area contributed by atoms with Crippen LogP contribution in [0.25, 0.3) is 11.0 Å². The highest BCUT2D eigenvalue weighted by Crippen LogP contribution is 2.34. The molecule has 0 atom stereocenters. The predicted octanol–water partition coefficient (Wildman–Crippen LogP) is 4.05. The number of anilines is 1. The van der Waals surface area contributed by atoms with Gasteiger partial charge < -0.3 is 14.4 Å². The number of hydrogen-bond acceptors (Lipinski definition) is 7. The molecular formula is C25H31N5O2. The zero-order valence-electron chi connectivity index (χ0n) is 19.0. The molecule has 1 saturated carbocycles. The number of ether oxygens (including phenoxy) is 2. The highest BCUT2D eigenvalue weighted by atomic mass is 16.5. The third-order valence-corrected chi connectivity index (χ3v) is 6.91. The average Bonchev–Trinajstić information content (AvgIpc) is 2.84. The second-order valence-corrected chi connectivity index (χ2v) is 8.96. The third kappa shape index (κ3) is 4.53. The van der Waals surface area contributed by atoms with Crippen LogP contribution in [0, 0.1) is 19.8 Å². The van der Waals surface area contributed by atoms with Crippen molar-refractivity contribution in [2.75, 3.05) is 31.2 Å². The molecule has 0 spiro atoms. The molecule has 1 aliphatic carbocycles. The molecule has 2 fully saturated rings. The Labute approximate surface area is 189 Å². The fourth-order valence-corrected chi connectivity index (χ4v) is 4.82. The van der Waals surface area contributed by atoms with Gasteiger partial charge in [0.2, 0.25) is 0 Å². The maximum absolute atomic E-state index is 6.56. The van der Waals surface area contributed by atoms with Crippen LogP contribution in [-0.4, -0.2) is 52.3 Å². The molecule has 7 nitrogen and oxygen atoms in total. The van der Waals surface area contributed by atoms with Crippen LogP contribution in [0.2, 0.25) is 0 Å². The van der Waals surface area contributed by atoms with Gasteiger partial charge in [-0.25, -0.2) is 15.0 Å². The minimum Gasteiger partial charge on any atom is -0.488 e. The molecule has 0 bridgehead atoms. The van der Waals surface area contributed by atoms with Crippen molar-refractivity contribution in [1.29, 1.82) is 0 Å². The molecule has 0 amide bonds. The highest BCUT2D eigenvalue weighted by molar-refractivity contribution is 5.85. The monoisotopic (exact) mass is 433 g/mol. The second-order valence-electron chi connectivity index (χ2n) is 8.96. The Morgan fingerprint density at radius 2 is 1.75 bits per heavy atom. The van der Waals surface area contributed by atoms with Gasteiger partial charge in [-0.15, -0.1) is 0 Å². The molecule has 1 saturated heterocycles. The van der Waals surface area contributed by atoms with Crippen molar-refractivity contribution in [2.24, 2.45) is 5.92 Å². The molecule has 32 heavy (non-hydrogen) atoms. The zero-order valence-corrected chi connectivity index (χ0v) is 19.0. The van der Waals surface area contributed by atoms with Gasteiger partial charge in [0.1, 0.15) is 17.6 Å². The first-order valence-electron chi connectivity index (χ1n) is 11.7. The van der Waals surface area contributed by atoms with Crippen LogP contribution in [0.4, 0.5) is 5.69 Å². The van der Waals surface area contributed by atoms with Crippen LogP contribution < -0.4 is 9.64 Å². The molecule has 2 aliphatic rings. The van der Waals surface area contributed by atoms with Crippen molar-refractivity contribution in [2.45, 2.75) is 52.1 Å². The van der Waals surface area contributed by atoms with Crippen molar-refractivity contribution in [3.05, 3.63) is 47.8 Å². The maximum atomic E-state index is 6.56. The molecule has 1 aliphatic heterocycles. The van der Waals surface area contributed by atoms with E-state index in [0.717, 1.165) is 86.6 Å². The lowest BCUT2D eigenvalue weighted by Gasteiger charge is -2.31. The lowest BCUT2D eigenvalue weighted by molar-refractivity contribution is 0.122. The normalized spacial score (nSPS) is 21.6. The topological polar surface area (TPSA) is 73.3 Å². The molecule has 0 unspecified atom stereocenters. The molecule has 1 aromatic carbocycles. The lowest BCUT2D eigenvalue weighted by Crippen LogP contribution is -2.36. The molecule has 7 heteroatoms. The third-order valence-electron chi connectivity index (χ3n) is 6.91. The molecule has 0 radical (unpaired) electrons. The van der Waals surface area contributed by atoms with Gasteiger partial charge in [0.05, 0.1) is 24.8 Å². The Morgan fingerprint density at radius 3 is 2.56 bits per heavy atom. The van der Waals surface area contributed by atoms with Gasteiger partial charge in [-0.2, -0.15) is 0 Å². The SMILES string of the molecule is Cc1ncnc(CC2CCC(Oc3cc(N4CCOCC4)cc4nccnc34)CC2)c1C. The summed E-state index contributed by atoms with van der Waals surface area (Å²) < 4.78 is 12.1. The summed E-state index contributed by atoms with van der Waals surface area (Å²) >= 11 is 0. The number of nitrogens with zero attached hydrogens (tertiary/aromatic N) is 5. The second kappa shape index (κ2) is 9.36. The zero-order chi connectivity index (χ0) is 21.9. The summed E-state index contributed by atoms with van der Waals surface area (Å²) in [7, 11) is 0. The number of morpholine rings is 1. The van der Waals surface area contributed by atoms with E-state index in [4.69, 9.17) is 9.47 Å². The van der Waals surface area contributed by atoms with Crippen molar-refractivity contribution in [3.8, 4) is 5.75 Å². The summed E-state index contributed by atoms with van der Waals surface area (Å²) in [6.45, 7) is 7.47. The lowest BCUT2D eigenvalue weighted by atomic mass is 9.84.